The van der Waals surface area contributed by atoms with E-state index < -0.39 is 17.5 Å². The predicted octanol–water partition coefficient (Wildman–Crippen LogP) is 1.26. The highest BCUT2D eigenvalue weighted by molar-refractivity contribution is 6.10. The standard InChI is InChI=1S/C16H23N5O3/c1-11-9-12(20(3)18-11)17-13(22)10-21-14(23)16(19(2)15(21)24)7-5-4-6-8-16/h9H,4-8,10H2,1-3H3,(H,17,22). The number of nitrogens with zero attached hydrogens (tertiary/aromatic N) is 4. The summed E-state index contributed by atoms with van der Waals surface area (Å²) in [5.74, 6) is -0.107. The molecule has 24 heavy (non-hydrogen) atoms. The van der Waals surface area contributed by atoms with E-state index in [1.54, 1.807) is 24.8 Å². The van der Waals surface area contributed by atoms with E-state index in [2.05, 4.69) is 10.4 Å². The minimum atomic E-state index is -0.751. The minimum absolute atomic E-state index is 0.244. The Labute approximate surface area is 140 Å². The number of rotatable bonds is 3. The number of hydrogen-bond acceptors (Lipinski definition) is 4. The van der Waals surface area contributed by atoms with Gasteiger partial charge in [-0.1, -0.05) is 19.3 Å². The van der Waals surface area contributed by atoms with E-state index in [1.807, 2.05) is 6.92 Å². The fraction of sp³-hybridized carbons (Fsp3) is 0.625. The summed E-state index contributed by atoms with van der Waals surface area (Å²) in [5.41, 5.74) is 0.0284. The summed E-state index contributed by atoms with van der Waals surface area (Å²) in [5, 5.41) is 6.85. The van der Waals surface area contributed by atoms with Crippen molar-refractivity contribution in [2.45, 2.75) is 44.6 Å². The Bertz CT molecular complexity index is 690. The van der Waals surface area contributed by atoms with Crippen LogP contribution in [-0.2, 0) is 16.6 Å². The molecule has 130 valence electrons. The molecule has 2 fully saturated rings. The highest BCUT2D eigenvalue weighted by atomic mass is 16.2. The number of hydrogen-bond donors (Lipinski definition) is 1. The number of aromatic nitrogens is 2. The van der Waals surface area contributed by atoms with Gasteiger partial charge in [0.2, 0.25) is 5.91 Å². The molecule has 1 aromatic rings. The molecule has 8 heteroatoms. The largest absolute Gasteiger partial charge is 0.327 e. The molecule has 1 aromatic heterocycles. The van der Waals surface area contributed by atoms with Crippen molar-refractivity contribution < 1.29 is 14.4 Å². The van der Waals surface area contributed by atoms with Gasteiger partial charge in [0.25, 0.3) is 5.91 Å². The first kappa shape index (κ1) is 16.5. The summed E-state index contributed by atoms with van der Waals surface area (Å²) in [4.78, 5) is 40.2. The van der Waals surface area contributed by atoms with E-state index in [0.29, 0.717) is 18.7 Å². The van der Waals surface area contributed by atoms with Crippen LogP contribution < -0.4 is 5.32 Å². The molecular weight excluding hydrogens is 310 g/mol. The predicted molar refractivity (Wildman–Crippen MR) is 87.3 cm³/mol. The quantitative estimate of drug-likeness (QED) is 0.844. The second kappa shape index (κ2) is 5.92. The minimum Gasteiger partial charge on any atom is -0.313 e. The first-order valence-electron chi connectivity index (χ1n) is 8.25. The van der Waals surface area contributed by atoms with Crippen molar-refractivity contribution in [1.82, 2.24) is 19.6 Å². The Balaban J connectivity index is 1.72. The van der Waals surface area contributed by atoms with Crippen LogP contribution in [0.25, 0.3) is 0 Å². The van der Waals surface area contributed by atoms with Gasteiger partial charge in [0.15, 0.2) is 0 Å². The molecule has 0 radical (unpaired) electrons. The molecular formula is C16H23N5O3. The molecule has 0 unspecified atom stereocenters. The summed E-state index contributed by atoms with van der Waals surface area (Å²) in [6.45, 7) is 1.55. The van der Waals surface area contributed by atoms with Gasteiger partial charge in [-0.3, -0.25) is 19.2 Å². The average molecular weight is 333 g/mol. The van der Waals surface area contributed by atoms with Crippen molar-refractivity contribution in [3.8, 4) is 0 Å². The molecule has 1 N–H and O–H groups in total. The number of anilines is 1. The molecule has 1 aliphatic carbocycles. The van der Waals surface area contributed by atoms with E-state index in [-0.39, 0.29) is 12.5 Å². The van der Waals surface area contributed by atoms with Crippen molar-refractivity contribution in [2.24, 2.45) is 7.05 Å². The summed E-state index contributed by atoms with van der Waals surface area (Å²) >= 11 is 0. The second-order valence-electron chi connectivity index (χ2n) is 6.67. The van der Waals surface area contributed by atoms with Gasteiger partial charge in [0.05, 0.1) is 5.69 Å². The van der Waals surface area contributed by atoms with Gasteiger partial charge >= 0.3 is 6.03 Å². The molecule has 3 rings (SSSR count). The Morgan fingerprint density at radius 3 is 2.50 bits per heavy atom. The third-order valence-electron chi connectivity index (χ3n) is 5.06. The Hall–Kier alpha value is -2.38. The zero-order valence-electron chi connectivity index (χ0n) is 14.3. The van der Waals surface area contributed by atoms with E-state index in [4.69, 9.17) is 0 Å². The van der Waals surface area contributed by atoms with Gasteiger partial charge in [-0.25, -0.2) is 4.79 Å². The first-order valence-corrected chi connectivity index (χ1v) is 8.25. The Morgan fingerprint density at radius 1 is 1.25 bits per heavy atom. The summed E-state index contributed by atoms with van der Waals surface area (Å²) in [7, 11) is 3.38. The topological polar surface area (TPSA) is 87.5 Å². The molecule has 2 heterocycles. The maximum Gasteiger partial charge on any atom is 0.327 e. The fourth-order valence-electron chi connectivity index (χ4n) is 3.72. The SMILES string of the molecule is Cc1cc(NC(=O)CN2C(=O)N(C)C3(CCCCC3)C2=O)n(C)n1. The van der Waals surface area contributed by atoms with Gasteiger partial charge in [0, 0.05) is 20.2 Å². The molecule has 0 atom stereocenters. The number of aryl methyl sites for hydroxylation is 2. The van der Waals surface area contributed by atoms with Crippen LogP contribution in [-0.4, -0.2) is 56.6 Å². The lowest BCUT2D eigenvalue weighted by Crippen LogP contribution is -2.49. The van der Waals surface area contributed by atoms with Crippen molar-refractivity contribution in [3.63, 3.8) is 0 Å². The summed E-state index contributed by atoms with van der Waals surface area (Å²) in [6, 6.07) is 1.35. The van der Waals surface area contributed by atoms with E-state index in [1.165, 1.54) is 4.90 Å². The van der Waals surface area contributed by atoms with Crippen LogP contribution in [0.5, 0.6) is 0 Å². The molecule has 0 bridgehead atoms. The number of likely N-dealkylation sites (N-methyl/N-ethyl adjacent to an activating group) is 1. The van der Waals surface area contributed by atoms with Crippen LogP contribution in [0.4, 0.5) is 10.6 Å². The molecule has 0 aromatic carbocycles. The summed E-state index contributed by atoms with van der Waals surface area (Å²) in [6.07, 6.45) is 4.28. The third kappa shape index (κ3) is 2.55. The third-order valence-corrected chi connectivity index (χ3v) is 5.06. The second-order valence-corrected chi connectivity index (χ2v) is 6.67. The Kier molecular flexibility index (Phi) is 4.06. The van der Waals surface area contributed by atoms with Gasteiger partial charge in [0.1, 0.15) is 17.9 Å². The van der Waals surface area contributed by atoms with Crippen LogP contribution in [0.1, 0.15) is 37.8 Å². The number of carbonyl (C=O) groups excluding carboxylic acids is 3. The van der Waals surface area contributed by atoms with Crippen LogP contribution in [0.3, 0.4) is 0 Å². The molecule has 1 aliphatic heterocycles. The molecule has 2 aliphatic rings. The monoisotopic (exact) mass is 333 g/mol. The highest BCUT2D eigenvalue weighted by Crippen LogP contribution is 2.39. The van der Waals surface area contributed by atoms with E-state index in [0.717, 1.165) is 29.9 Å². The van der Waals surface area contributed by atoms with Crippen LogP contribution in [0, 0.1) is 6.92 Å². The van der Waals surface area contributed by atoms with E-state index >= 15 is 0 Å². The van der Waals surface area contributed by atoms with Crippen molar-refractivity contribution in [2.75, 3.05) is 18.9 Å². The first-order chi connectivity index (χ1) is 11.3. The maximum absolute atomic E-state index is 12.8. The van der Waals surface area contributed by atoms with Crippen LogP contribution in [0.2, 0.25) is 0 Å². The van der Waals surface area contributed by atoms with Crippen LogP contribution >= 0.6 is 0 Å². The molecule has 8 nitrogen and oxygen atoms in total. The van der Waals surface area contributed by atoms with Crippen molar-refractivity contribution in [1.29, 1.82) is 0 Å². The summed E-state index contributed by atoms with van der Waals surface area (Å²) < 4.78 is 1.55. The Morgan fingerprint density at radius 2 is 1.92 bits per heavy atom. The number of nitrogens with one attached hydrogen (secondary N) is 1. The lowest BCUT2D eigenvalue weighted by Gasteiger charge is -2.35. The van der Waals surface area contributed by atoms with Gasteiger partial charge in [-0.15, -0.1) is 0 Å². The molecule has 4 amide bonds. The molecule has 1 saturated heterocycles. The fourth-order valence-corrected chi connectivity index (χ4v) is 3.72. The maximum atomic E-state index is 12.8. The number of amides is 4. The average Bonchev–Trinajstić information content (AvgIpc) is 2.94. The number of imide groups is 1. The van der Waals surface area contributed by atoms with Crippen molar-refractivity contribution in [3.05, 3.63) is 11.8 Å². The zero-order valence-corrected chi connectivity index (χ0v) is 14.3. The van der Waals surface area contributed by atoms with Crippen molar-refractivity contribution >= 4 is 23.7 Å². The van der Waals surface area contributed by atoms with Gasteiger partial charge in [-0.05, 0) is 19.8 Å². The number of carbonyl (C=O) groups is 3. The van der Waals surface area contributed by atoms with Gasteiger partial charge in [-0.2, -0.15) is 5.10 Å². The lowest BCUT2D eigenvalue weighted by molar-refractivity contribution is -0.136. The van der Waals surface area contributed by atoms with Gasteiger partial charge < -0.3 is 10.2 Å². The molecule has 1 saturated carbocycles. The smallest absolute Gasteiger partial charge is 0.313 e. The highest BCUT2D eigenvalue weighted by Gasteiger charge is 2.55. The normalized spacial score (nSPS) is 20.1. The number of urea groups is 1. The van der Waals surface area contributed by atoms with E-state index in [9.17, 15) is 14.4 Å². The lowest BCUT2D eigenvalue weighted by atomic mass is 9.81. The van der Waals surface area contributed by atoms with Crippen LogP contribution in [0.15, 0.2) is 6.07 Å². The zero-order chi connectivity index (χ0) is 17.5. The molecule has 1 spiro atoms.